The first-order chi connectivity index (χ1) is 12.0. The highest BCUT2D eigenvalue weighted by atomic mass is 16.5. The molecule has 1 aromatic rings. The lowest BCUT2D eigenvalue weighted by Gasteiger charge is -2.25. The molecule has 0 saturated heterocycles. The Kier molecular flexibility index (Phi) is 7.29. The van der Waals surface area contributed by atoms with Crippen LogP contribution in [0.5, 0.6) is 5.75 Å². The van der Waals surface area contributed by atoms with E-state index in [1.165, 1.54) is 6.42 Å². The number of para-hydroxylation sites is 2. The Morgan fingerprint density at radius 1 is 1.16 bits per heavy atom. The standard InChI is InChI=1S/C20H30N2O3/c1-14(2)13-17(22-19(23)15-9-5-4-6-10-15)20(24)21-16-11-7-8-12-18(16)25-3/h7-8,11-12,14-15,17H,4-6,9-10,13H2,1-3H3,(H,21,24)(H,22,23)/t17-/m1/s1. The van der Waals surface area contributed by atoms with Crippen LogP contribution in [-0.2, 0) is 9.59 Å². The summed E-state index contributed by atoms with van der Waals surface area (Å²) in [6.45, 7) is 4.10. The second kappa shape index (κ2) is 9.44. The zero-order chi connectivity index (χ0) is 18.2. The molecular formula is C20H30N2O3. The molecule has 138 valence electrons. The SMILES string of the molecule is COc1ccccc1NC(=O)[C@@H](CC(C)C)NC(=O)C1CCCCC1. The number of hydrogen-bond donors (Lipinski definition) is 2. The van der Waals surface area contributed by atoms with Crippen molar-refractivity contribution in [1.82, 2.24) is 5.32 Å². The molecule has 0 spiro atoms. The van der Waals surface area contributed by atoms with E-state index in [4.69, 9.17) is 4.74 Å². The van der Waals surface area contributed by atoms with Gasteiger partial charge in [0.2, 0.25) is 11.8 Å². The Bertz CT molecular complexity index is 580. The lowest BCUT2D eigenvalue weighted by atomic mass is 9.88. The molecule has 0 heterocycles. The van der Waals surface area contributed by atoms with Crippen LogP contribution >= 0.6 is 0 Å². The maximum atomic E-state index is 12.8. The molecule has 0 bridgehead atoms. The maximum Gasteiger partial charge on any atom is 0.247 e. The Morgan fingerprint density at radius 3 is 2.48 bits per heavy atom. The molecule has 1 fully saturated rings. The van der Waals surface area contributed by atoms with Gasteiger partial charge in [-0.1, -0.05) is 45.2 Å². The zero-order valence-corrected chi connectivity index (χ0v) is 15.5. The van der Waals surface area contributed by atoms with Crippen molar-refractivity contribution < 1.29 is 14.3 Å². The largest absolute Gasteiger partial charge is 0.495 e. The van der Waals surface area contributed by atoms with Crippen LogP contribution in [-0.4, -0.2) is 25.0 Å². The Balaban J connectivity index is 2.04. The molecule has 2 rings (SSSR count). The van der Waals surface area contributed by atoms with Crippen LogP contribution in [0.4, 0.5) is 5.69 Å². The summed E-state index contributed by atoms with van der Waals surface area (Å²) < 4.78 is 5.28. The number of anilines is 1. The highest BCUT2D eigenvalue weighted by Crippen LogP contribution is 2.25. The first-order valence-corrected chi connectivity index (χ1v) is 9.25. The lowest BCUT2D eigenvalue weighted by molar-refractivity contribution is -0.130. The number of rotatable bonds is 7. The summed E-state index contributed by atoms with van der Waals surface area (Å²) in [7, 11) is 1.57. The van der Waals surface area contributed by atoms with Crippen LogP contribution in [0, 0.1) is 11.8 Å². The first kappa shape index (κ1) is 19.3. The van der Waals surface area contributed by atoms with Gasteiger partial charge in [-0.3, -0.25) is 9.59 Å². The molecule has 1 aliphatic rings. The normalized spacial score (nSPS) is 16.3. The molecule has 0 unspecified atom stereocenters. The van der Waals surface area contributed by atoms with Crippen LogP contribution in [0.2, 0.25) is 0 Å². The molecule has 2 N–H and O–H groups in total. The molecular weight excluding hydrogens is 316 g/mol. The van der Waals surface area contributed by atoms with Crippen LogP contribution in [0.1, 0.15) is 52.4 Å². The molecule has 0 radical (unpaired) electrons. The molecule has 0 aliphatic heterocycles. The zero-order valence-electron chi connectivity index (χ0n) is 15.5. The minimum Gasteiger partial charge on any atom is -0.495 e. The van der Waals surface area contributed by atoms with E-state index in [1.807, 2.05) is 12.1 Å². The first-order valence-electron chi connectivity index (χ1n) is 9.25. The Morgan fingerprint density at radius 2 is 1.84 bits per heavy atom. The van der Waals surface area contributed by atoms with Gasteiger partial charge in [-0.05, 0) is 37.3 Å². The highest BCUT2D eigenvalue weighted by molar-refractivity contribution is 5.98. The fourth-order valence-electron chi connectivity index (χ4n) is 3.33. The van der Waals surface area contributed by atoms with E-state index in [9.17, 15) is 9.59 Å². The number of benzene rings is 1. The van der Waals surface area contributed by atoms with E-state index in [1.54, 1.807) is 19.2 Å². The van der Waals surface area contributed by atoms with Crippen LogP contribution in [0.15, 0.2) is 24.3 Å². The van der Waals surface area contributed by atoms with E-state index in [0.29, 0.717) is 23.8 Å². The van der Waals surface area contributed by atoms with E-state index >= 15 is 0 Å². The van der Waals surface area contributed by atoms with Gasteiger partial charge in [-0.15, -0.1) is 0 Å². The van der Waals surface area contributed by atoms with Crippen LogP contribution in [0.25, 0.3) is 0 Å². The van der Waals surface area contributed by atoms with E-state index in [-0.39, 0.29) is 17.7 Å². The van der Waals surface area contributed by atoms with Gasteiger partial charge in [0.25, 0.3) is 0 Å². The number of carbonyl (C=O) groups excluding carboxylic acids is 2. The minimum atomic E-state index is -0.528. The average Bonchev–Trinajstić information content (AvgIpc) is 2.62. The average molecular weight is 346 g/mol. The van der Waals surface area contributed by atoms with Gasteiger partial charge >= 0.3 is 0 Å². The van der Waals surface area contributed by atoms with Crippen molar-refractivity contribution in [2.24, 2.45) is 11.8 Å². The number of amides is 2. The molecule has 1 aliphatic carbocycles. The third-order valence-corrected chi connectivity index (χ3v) is 4.68. The minimum absolute atomic E-state index is 0.0144. The van der Waals surface area contributed by atoms with E-state index < -0.39 is 6.04 Å². The van der Waals surface area contributed by atoms with Crippen molar-refractivity contribution in [3.05, 3.63) is 24.3 Å². The van der Waals surface area contributed by atoms with Gasteiger partial charge in [0, 0.05) is 5.92 Å². The molecule has 5 heteroatoms. The fraction of sp³-hybridized carbons (Fsp3) is 0.600. The summed E-state index contributed by atoms with van der Waals surface area (Å²) in [5.41, 5.74) is 0.621. The molecule has 2 amide bonds. The Hall–Kier alpha value is -2.04. The smallest absolute Gasteiger partial charge is 0.247 e. The third-order valence-electron chi connectivity index (χ3n) is 4.68. The van der Waals surface area contributed by atoms with Gasteiger partial charge in [-0.2, -0.15) is 0 Å². The van der Waals surface area contributed by atoms with E-state index in [0.717, 1.165) is 25.7 Å². The Labute approximate surface area is 150 Å². The predicted octanol–water partition coefficient (Wildman–Crippen LogP) is 3.74. The molecule has 1 atom stereocenters. The number of ether oxygens (including phenoxy) is 1. The lowest BCUT2D eigenvalue weighted by Crippen LogP contribution is -2.47. The van der Waals surface area contributed by atoms with Gasteiger partial charge in [0.1, 0.15) is 11.8 Å². The quantitative estimate of drug-likeness (QED) is 0.790. The van der Waals surface area contributed by atoms with Crippen LogP contribution < -0.4 is 15.4 Å². The van der Waals surface area contributed by atoms with Crippen molar-refractivity contribution >= 4 is 17.5 Å². The summed E-state index contributed by atoms with van der Waals surface area (Å²) in [4.78, 5) is 25.3. The summed E-state index contributed by atoms with van der Waals surface area (Å²) in [6, 6.07) is 6.76. The van der Waals surface area contributed by atoms with Crippen molar-refractivity contribution in [1.29, 1.82) is 0 Å². The molecule has 0 aromatic heterocycles. The number of methoxy groups -OCH3 is 1. The third kappa shape index (κ3) is 5.76. The molecule has 5 nitrogen and oxygen atoms in total. The second-order valence-electron chi connectivity index (χ2n) is 7.22. The van der Waals surface area contributed by atoms with Crippen molar-refractivity contribution in [2.75, 3.05) is 12.4 Å². The van der Waals surface area contributed by atoms with E-state index in [2.05, 4.69) is 24.5 Å². The fourth-order valence-corrected chi connectivity index (χ4v) is 3.33. The monoisotopic (exact) mass is 346 g/mol. The molecule has 1 saturated carbocycles. The second-order valence-corrected chi connectivity index (χ2v) is 7.22. The maximum absolute atomic E-state index is 12.8. The number of carbonyl (C=O) groups is 2. The summed E-state index contributed by atoms with van der Waals surface area (Å²) >= 11 is 0. The number of nitrogens with one attached hydrogen (secondary N) is 2. The van der Waals surface area contributed by atoms with Gasteiger partial charge in [0.15, 0.2) is 0 Å². The van der Waals surface area contributed by atoms with Crippen molar-refractivity contribution in [2.45, 2.75) is 58.4 Å². The topological polar surface area (TPSA) is 67.4 Å². The predicted molar refractivity (Wildman–Crippen MR) is 99.6 cm³/mol. The molecule has 1 aromatic carbocycles. The van der Waals surface area contributed by atoms with Gasteiger partial charge in [0.05, 0.1) is 12.8 Å². The van der Waals surface area contributed by atoms with Crippen molar-refractivity contribution in [3.8, 4) is 5.75 Å². The number of hydrogen-bond acceptors (Lipinski definition) is 3. The highest BCUT2D eigenvalue weighted by Gasteiger charge is 2.27. The van der Waals surface area contributed by atoms with Crippen LogP contribution in [0.3, 0.4) is 0 Å². The van der Waals surface area contributed by atoms with Gasteiger partial charge in [-0.25, -0.2) is 0 Å². The van der Waals surface area contributed by atoms with Gasteiger partial charge < -0.3 is 15.4 Å². The molecule has 25 heavy (non-hydrogen) atoms. The summed E-state index contributed by atoms with van der Waals surface area (Å²) in [5, 5.41) is 5.88. The summed E-state index contributed by atoms with van der Waals surface area (Å²) in [5.74, 6) is 0.781. The van der Waals surface area contributed by atoms with Crippen molar-refractivity contribution in [3.63, 3.8) is 0 Å². The summed E-state index contributed by atoms with van der Waals surface area (Å²) in [6.07, 6.45) is 5.86.